The summed E-state index contributed by atoms with van der Waals surface area (Å²) < 4.78 is 1.91. The van der Waals surface area contributed by atoms with E-state index >= 15 is 0 Å². The van der Waals surface area contributed by atoms with Gasteiger partial charge in [0.15, 0.2) is 11.6 Å². The molecule has 30 heavy (non-hydrogen) atoms. The third-order valence-corrected chi connectivity index (χ3v) is 5.09. The summed E-state index contributed by atoms with van der Waals surface area (Å²) in [5.41, 5.74) is 1.90. The van der Waals surface area contributed by atoms with Gasteiger partial charge >= 0.3 is 0 Å². The van der Waals surface area contributed by atoms with Crippen LogP contribution in [-0.4, -0.2) is 51.5 Å². The maximum atomic E-state index is 9.11. The number of nitriles is 1. The van der Waals surface area contributed by atoms with Crippen molar-refractivity contribution < 1.29 is 0 Å². The van der Waals surface area contributed by atoms with Crippen LogP contribution in [-0.2, 0) is 7.05 Å². The van der Waals surface area contributed by atoms with Crippen molar-refractivity contribution in [1.29, 1.82) is 5.26 Å². The molecule has 1 fully saturated rings. The Kier molecular flexibility index (Phi) is 4.36. The smallest absolute Gasteiger partial charge is 0.227 e. The molecule has 148 valence electrons. The van der Waals surface area contributed by atoms with Gasteiger partial charge < -0.3 is 4.90 Å². The SMILES string of the molecule is Cn1c(-c2cnccn2)nnc1N1CCCC1c1nnn(-c2cccc(C#N)c2)n1. The molecule has 0 saturated carbocycles. The lowest BCUT2D eigenvalue weighted by atomic mass is 10.2. The maximum absolute atomic E-state index is 9.11. The largest absolute Gasteiger partial charge is 0.330 e. The highest BCUT2D eigenvalue weighted by Crippen LogP contribution is 2.34. The van der Waals surface area contributed by atoms with Crippen LogP contribution in [0.25, 0.3) is 17.2 Å². The number of aromatic nitrogens is 9. The molecule has 4 aromatic rings. The number of benzene rings is 1. The quantitative estimate of drug-likeness (QED) is 0.501. The molecule has 1 unspecified atom stereocenters. The van der Waals surface area contributed by atoms with Crippen molar-refractivity contribution in [3.05, 3.63) is 54.2 Å². The van der Waals surface area contributed by atoms with Gasteiger partial charge in [0.25, 0.3) is 0 Å². The Morgan fingerprint density at radius 3 is 2.93 bits per heavy atom. The molecule has 4 heterocycles. The van der Waals surface area contributed by atoms with Crippen LogP contribution in [0.5, 0.6) is 0 Å². The summed E-state index contributed by atoms with van der Waals surface area (Å²) in [6, 6.07) is 9.17. The molecular formula is C19H17N11. The number of anilines is 1. The van der Waals surface area contributed by atoms with Gasteiger partial charge in [0.05, 0.1) is 29.6 Å². The first-order valence-corrected chi connectivity index (χ1v) is 9.47. The molecule has 5 rings (SSSR count). The lowest BCUT2D eigenvalue weighted by molar-refractivity contribution is 0.639. The van der Waals surface area contributed by atoms with Crippen LogP contribution in [0.3, 0.4) is 0 Å². The third kappa shape index (κ3) is 3.04. The Hall–Kier alpha value is -4.20. The van der Waals surface area contributed by atoms with E-state index < -0.39 is 0 Å². The lowest BCUT2D eigenvalue weighted by Crippen LogP contribution is -2.26. The average Bonchev–Trinajstić information content (AvgIpc) is 3.53. The Labute approximate surface area is 171 Å². The van der Waals surface area contributed by atoms with Gasteiger partial charge in [-0.05, 0) is 36.3 Å². The number of tetrazole rings is 1. The molecule has 0 bridgehead atoms. The minimum absolute atomic E-state index is 0.0597. The Balaban J connectivity index is 1.45. The zero-order valence-electron chi connectivity index (χ0n) is 16.2. The van der Waals surface area contributed by atoms with Gasteiger partial charge in [-0.15, -0.1) is 25.2 Å². The van der Waals surface area contributed by atoms with Gasteiger partial charge in [-0.1, -0.05) is 6.07 Å². The fraction of sp³-hybridized carbons (Fsp3) is 0.263. The molecule has 1 atom stereocenters. The Bertz CT molecular complexity index is 1220. The van der Waals surface area contributed by atoms with Gasteiger partial charge in [0, 0.05) is 26.0 Å². The van der Waals surface area contributed by atoms with E-state index in [1.165, 1.54) is 4.80 Å². The number of hydrogen-bond acceptors (Lipinski definition) is 9. The third-order valence-electron chi connectivity index (χ3n) is 5.09. The highest BCUT2D eigenvalue weighted by atomic mass is 15.6. The second-order valence-electron chi connectivity index (χ2n) is 6.92. The van der Waals surface area contributed by atoms with E-state index in [1.807, 2.05) is 17.7 Å². The minimum atomic E-state index is -0.0597. The van der Waals surface area contributed by atoms with Crippen LogP contribution < -0.4 is 4.90 Å². The summed E-state index contributed by atoms with van der Waals surface area (Å²) in [6.45, 7) is 0.815. The fourth-order valence-corrected chi connectivity index (χ4v) is 3.65. The predicted molar refractivity (Wildman–Crippen MR) is 105 cm³/mol. The van der Waals surface area contributed by atoms with E-state index in [1.54, 1.807) is 36.8 Å². The molecule has 0 aliphatic carbocycles. The van der Waals surface area contributed by atoms with Gasteiger partial charge in [0.2, 0.25) is 5.95 Å². The van der Waals surface area contributed by atoms with Crippen LogP contribution in [0.2, 0.25) is 0 Å². The van der Waals surface area contributed by atoms with E-state index in [9.17, 15) is 0 Å². The summed E-state index contributed by atoms with van der Waals surface area (Å²) in [6.07, 6.45) is 6.79. The van der Waals surface area contributed by atoms with Gasteiger partial charge in [-0.25, -0.2) is 4.98 Å². The monoisotopic (exact) mass is 399 g/mol. The van der Waals surface area contributed by atoms with Gasteiger partial charge in [-0.3, -0.25) is 9.55 Å². The number of hydrogen-bond donors (Lipinski definition) is 0. The molecule has 0 spiro atoms. The molecule has 0 N–H and O–H groups in total. The van der Waals surface area contributed by atoms with Crippen LogP contribution in [0.4, 0.5) is 5.95 Å². The van der Waals surface area contributed by atoms with E-state index in [0.29, 0.717) is 28.6 Å². The molecule has 1 aliphatic rings. The number of nitrogens with zero attached hydrogens (tertiary/aromatic N) is 11. The summed E-state index contributed by atoms with van der Waals surface area (Å²) >= 11 is 0. The van der Waals surface area contributed by atoms with Crippen LogP contribution in [0, 0.1) is 11.3 Å². The highest BCUT2D eigenvalue weighted by Gasteiger charge is 2.33. The molecule has 11 heteroatoms. The Morgan fingerprint density at radius 1 is 1.17 bits per heavy atom. The van der Waals surface area contributed by atoms with Crippen LogP contribution >= 0.6 is 0 Å². The maximum Gasteiger partial charge on any atom is 0.227 e. The normalized spacial score (nSPS) is 16.0. The molecular weight excluding hydrogens is 382 g/mol. The van der Waals surface area contributed by atoms with Crippen LogP contribution in [0.1, 0.15) is 30.3 Å². The first-order chi connectivity index (χ1) is 14.7. The van der Waals surface area contributed by atoms with Crippen molar-refractivity contribution in [3.63, 3.8) is 0 Å². The van der Waals surface area contributed by atoms with Crippen molar-refractivity contribution in [2.24, 2.45) is 7.05 Å². The Morgan fingerprint density at radius 2 is 2.10 bits per heavy atom. The summed E-state index contributed by atoms with van der Waals surface area (Å²) in [5, 5.41) is 30.8. The molecule has 11 nitrogen and oxygen atoms in total. The van der Waals surface area contributed by atoms with Crippen LogP contribution in [0.15, 0.2) is 42.9 Å². The molecule has 0 radical (unpaired) electrons. The zero-order valence-corrected chi connectivity index (χ0v) is 16.2. The second-order valence-corrected chi connectivity index (χ2v) is 6.92. The highest BCUT2D eigenvalue weighted by molar-refractivity contribution is 5.52. The topological polar surface area (TPSA) is 127 Å². The van der Waals surface area contributed by atoms with Crippen molar-refractivity contribution in [2.45, 2.75) is 18.9 Å². The van der Waals surface area contributed by atoms with E-state index in [0.717, 1.165) is 25.3 Å². The molecule has 1 aromatic carbocycles. The standard InChI is InChI=1S/C19H17N11/c1-28-18(15-12-21-7-8-22-15)24-25-19(28)29-9-3-6-16(29)17-23-27-30(26-17)14-5-2-4-13(10-14)11-20/h2,4-5,7-8,10,12,16H,3,6,9H2,1H3. The minimum Gasteiger partial charge on any atom is -0.330 e. The van der Waals surface area contributed by atoms with E-state index in [-0.39, 0.29) is 6.04 Å². The predicted octanol–water partition coefficient (Wildman–Crippen LogP) is 1.46. The fourth-order valence-electron chi connectivity index (χ4n) is 3.65. The molecule has 0 amide bonds. The first-order valence-electron chi connectivity index (χ1n) is 9.47. The summed E-state index contributed by atoms with van der Waals surface area (Å²) in [4.78, 5) is 12.0. The van der Waals surface area contributed by atoms with Gasteiger partial charge in [0.1, 0.15) is 5.69 Å². The number of rotatable bonds is 4. The van der Waals surface area contributed by atoms with Crippen molar-refractivity contribution in [3.8, 4) is 23.3 Å². The zero-order chi connectivity index (χ0) is 20.5. The molecule has 3 aromatic heterocycles. The summed E-state index contributed by atoms with van der Waals surface area (Å²) in [7, 11) is 1.91. The van der Waals surface area contributed by atoms with E-state index in [4.69, 9.17) is 5.26 Å². The van der Waals surface area contributed by atoms with Gasteiger partial charge in [-0.2, -0.15) is 5.26 Å². The average molecular weight is 399 g/mol. The lowest BCUT2D eigenvalue weighted by Gasteiger charge is -2.22. The second kappa shape index (κ2) is 7.32. The van der Waals surface area contributed by atoms with Crippen molar-refractivity contribution >= 4 is 5.95 Å². The van der Waals surface area contributed by atoms with E-state index in [2.05, 4.69) is 46.5 Å². The molecule has 1 aliphatic heterocycles. The summed E-state index contributed by atoms with van der Waals surface area (Å²) in [5.74, 6) is 1.98. The van der Waals surface area contributed by atoms with Crippen molar-refractivity contribution in [1.82, 2.24) is 44.9 Å². The first kappa shape index (κ1) is 17.9. The molecule has 1 saturated heterocycles. The van der Waals surface area contributed by atoms with Crippen molar-refractivity contribution in [2.75, 3.05) is 11.4 Å².